The van der Waals surface area contributed by atoms with Crippen LogP contribution in [0.15, 0.2) is 18.6 Å². The van der Waals surface area contributed by atoms with Gasteiger partial charge in [0.1, 0.15) is 5.69 Å². The van der Waals surface area contributed by atoms with Gasteiger partial charge in [0.2, 0.25) is 16.5 Å². The predicted octanol–water partition coefficient (Wildman–Crippen LogP) is 2.05. The molecule has 0 bridgehead atoms. The average Bonchev–Trinajstić information content (AvgIpc) is 2.82. The van der Waals surface area contributed by atoms with Gasteiger partial charge in [-0.25, -0.2) is 14.8 Å². The van der Waals surface area contributed by atoms with Gasteiger partial charge in [0.25, 0.3) is 0 Å². The van der Waals surface area contributed by atoms with E-state index in [2.05, 4.69) is 32.5 Å². The Hall–Kier alpha value is -2.09. The third-order valence-corrected chi connectivity index (χ3v) is 2.98. The van der Waals surface area contributed by atoms with Crippen LogP contribution in [0, 0.1) is 4.77 Å². The first kappa shape index (κ1) is 14.3. The van der Waals surface area contributed by atoms with Gasteiger partial charge in [-0.05, 0) is 18.6 Å². The van der Waals surface area contributed by atoms with Gasteiger partial charge in [-0.1, -0.05) is 19.8 Å². The molecule has 0 unspecified atom stereocenters. The molecular formula is C12H16N6OS. The Balaban J connectivity index is 2.14. The lowest BCUT2D eigenvalue weighted by Crippen LogP contribution is -2.23. The second kappa shape index (κ2) is 6.90. The number of nitrogens with zero attached hydrogens (tertiary/aromatic N) is 4. The summed E-state index contributed by atoms with van der Waals surface area (Å²) in [6.45, 7) is 2.09. The molecule has 1 amide bonds. The number of unbranched alkanes of at least 4 members (excludes halogenated alkanes) is 2. The van der Waals surface area contributed by atoms with Gasteiger partial charge < -0.3 is 0 Å². The summed E-state index contributed by atoms with van der Waals surface area (Å²) in [7, 11) is 0. The van der Waals surface area contributed by atoms with Crippen LogP contribution >= 0.6 is 12.2 Å². The molecule has 0 aliphatic carbocycles. The molecule has 7 nitrogen and oxygen atoms in total. The smallest absolute Gasteiger partial charge is 0.238 e. The Kier molecular flexibility index (Phi) is 4.94. The molecule has 2 rings (SSSR count). The fraction of sp³-hybridized carbons (Fsp3) is 0.417. The van der Waals surface area contributed by atoms with E-state index in [4.69, 9.17) is 12.2 Å². The Labute approximate surface area is 121 Å². The summed E-state index contributed by atoms with van der Waals surface area (Å²) >= 11 is 5.11. The van der Waals surface area contributed by atoms with E-state index in [9.17, 15) is 4.79 Å². The number of aromatic amines is 1. The van der Waals surface area contributed by atoms with Crippen molar-refractivity contribution in [3.63, 3.8) is 0 Å². The summed E-state index contributed by atoms with van der Waals surface area (Å²) in [4.78, 5) is 20.0. The summed E-state index contributed by atoms with van der Waals surface area (Å²) < 4.78 is 1.74. The lowest BCUT2D eigenvalue weighted by Gasteiger charge is -2.07. The van der Waals surface area contributed by atoms with Crippen molar-refractivity contribution in [3.05, 3.63) is 23.4 Å². The largest absolute Gasteiger partial charge is 0.273 e. The minimum Gasteiger partial charge on any atom is -0.273 e. The fourth-order valence-electron chi connectivity index (χ4n) is 1.70. The SMILES string of the molecule is CCCCCC(=O)Nn1c(-c2cnccn2)n[nH]c1=S. The van der Waals surface area contributed by atoms with Gasteiger partial charge in [-0.2, -0.15) is 5.10 Å². The van der Waals surface area contributed by atoms with Crippen LogP contribution in [0.3, 0.4) is 0 Å². The second-order valence-corrected chi connectivity index (χ2v) is 4.66. The van der Waals surface area contributed by atoms with Crippen LogP contribution in [0.1, 0.15) is 32.6 Å². The molecule has 20 heavy (non-hydrogen) atoms. The molecule has 0 atom stereocenters. The highest BCUT2D eigenvalue weighted by molar-refractivity contribution is 7.71. The monoisotopic (exact) mass is 292 g/mol. The molecule has 0 fully saturated rings. The van der Waals surface area contributed by atoms with Crippen molar-refractivity contribution in [2.24, 2.45) is 0 Å². The number of hydrogen-bond acceptors (Lipinski definition) is 5. The number of nitrogens with one attached hydrogen (secondary N) is 2. The van der Waals surface area contributed by atoms with E-state index in [0.717, 1.165) is 19.3 Å². The molecule has 0 aliphatic heterocycles. The number of carbonyl (C=O) groups is 1. The van der Waals surface area contributed by atoms with E-state index < -0.39 is 0 Å². The van der Waals surface area contributed by atoms with Crippen LogP contribution in [0.5, 0.6) is 0 Å². The van der Waals surface area contributed by atoms with E-state index in [1.807, 2.05) is 0 Å². The zero-order chi connectivity index (χ0) is 14.4. The molecule has 106 valence electrons. The minimum absolute atomic E-state index is 0.0962. The van der Waals surface area contributed by atoms with Gasteiger partial charge >= 0.3 is 0 Å². The van der Waals surface area contributed by atoms with Gasteiger partial charge in [-0.3, -0.25) is 15.2 Å². The molecule has 0 aliphatic rings. The number of amides is 1. The summed E-state index contributed by atoms with van der Waals surface area (Å²) in [6.07, 6.45) is 8.10. The number of hydrogen-bond donors (Lipinski definition) is 2. The molecule has 0 radical (unpaired) electrons. The topological polar surface area (TPSA) is 88.5 Å². The highest BCUT2D eigenvalue weighted by Gasteiger charge is 2.12. The zero-order valence-electron chi connectivity index (χ0n) is 11.2. The minimum atomic E-state index is -0.0962. The molecule has 0 saturated heterocycles. The van der Waals surface area contributed by atoms with Crippen molar-refractivity contribution in [2.45, 2.75) is 32.6 Å². The molecule has 2 heterocycles. The lowest BCUT2D eigenvalue weighted by molar-refractivity contribution is -0.117. The standard InChI is InChI=1S/C12H16N6OS/c1-2-3-4-5-10(19)17-18-11(15-16-12(18)20)9-8-13-6-7-14-9/h6-8H,2-5H2,1H3,(H,16,20)(H,17,19). The summed E-state index contributed by atoms with van der Waals surface area (Å²) in [5.74, 6) is 0.341. The van der Waals surface area contributed by atoms with Crippen molar-refractivity contribution in [2.75, 3.05) is 5.43 Å². The van der Waals surface area contributed by atoms with Crippen LogP contribution in [0.4, 0.5) is 0 Å². The highest BCUT2D eigenvalue weighted by atomic mass is 32.1. The van der Waals surface area contributed by atoms with E-state index in [0.29, 0.717) is 22.7 Å². The number of H-pyrrole nitrogens is 1. The Morgan fingerprint density at radius 3 is 3.00 bits per heavy atom. The quantitative estimate of drug-likeness (QED) is 0.628. The maximum atomic E-state index is 11.9. The third-order valence-electron chi connectivity index (χ3n) is 2.71. The molecule has 0 spiro atoms. The molecule has 2 aromatic heterocycles. The van der Waals surface area contributed by atoms with E-state index in [-0.39, 0.29) is 5.91 Å². The molecule has 2 aromatic rings. The maximum absolute atomic E-state index is 11.9. The third kappa shape index (κ3) is 3.47. The summed E-state index contributed by atoms with van der Waals surface area (Å²) in [5.41, 5.74) is 3.26. The zero-order valence-corrected chi connectivity index (χ0v) is 12.0. The van der Waals surface area contributed by atoms with Crippen LogP contribution in [-0.2, 0) is 4.79 Å². The van der Waals surface area contributed by atoms with Crippen molar-refractivity contribution < 1.29 is 4.79 Å². The molecule has 0 aromatic carbocycles. The average molecular weight is 292 g/mol. The van der Waals surface area contributed by atoms with Gasteiger partial charge in [0.05, 0.1) is 6.20 Å². The Bertz CT molecular complexity index is 620. The highest BCUT2D eigenvalue weighted by Crippen LogP contribution is 2.11. The van der Waals surface area contributed by atoms with Crippen molar-refractivity contribution in [1.29, 1.82) is 0 Å². The van der Waals surface area contributed by atoms with Crippen LogP contribution in [0.25, 0.3) is 11.5 Å². The first-order chi connectivity index (χ1) is 9.72. The predicted molar refractivity (Wildman–Crippen MR) is 76.9 cm³/mol. The van der Waals surface area contributed by atoms with Crippen molar-refractivity contribution in [1.82, 2.24) is 24.8 Å². The normalized spacial score (nSPS) is 10.4. The first-order valence-electron chi connectivity index (χ1n) is 6.46. The van der Waals surface area contributed by atoms with E-state index in [1.54, 1.807) is 18.6 Å². The van der Waals surface area contributed by atoms with Crippen LogP contribution in [-0.4, -0.2) is 30.7 Å². The fourth-order valence-corrected chi connectivity index (χ4v) is 1.88. The van der Waals surface area contributed by atoms with Gasteiger partial charge in [-0.15, -0.1) is 0 Å². The number of aromatic nitrogens is 5. The van der Waals surface area contributed by atoms with E-state index in [1.165, 1.54) is 4.68 Å². The maximum Gasteiger partial charge on any atom is 0.238 e. The number of rotatable bonds is 6. The molecule has 2 N–H and O–H groups in total. The Morgan fingerprint density at radius 1 is 1.45 bits per heavy atom. The van der Waals surface area contributed by atoms with Crippen molar-refractivity contribution >= 4 is 18.1 Å². The Morgan fingerprint density at radius 2 is 2.30 bits per heavy atom. The van der Waals surface area contributed by atoms with Crippen LogP contribution < -0.4 is 5.43 Å². The summed E-state index contributed by atoms with van der Waals surface area (Å²) in [6, 6.07) is 0. The molecule has 8 heteroatoms. The van der Waals surface area contributed by atoms with Gasteiger partial charge in [0.15, 0.2) is 0 Å². The van der Waals surface area contributed by atoms with Crippen molar-refractivity contribution in [3.8, 4) is 11.5 Å². The molecule has 0 saturated carbocycles. The molecular weight excluding hydrogens is 276 g/mol. The summed E-state index contributed by atoms with van der Waals surface area (Å²) in [5, 5.41) is 6.71. The second-order valence-electron chi connectivity index (χ2n) is 4.27. The van der Waals surface area contributed by atoms with E-state index >= 15 is 0 Å². The lowest BCUT2D eigenvalue weighted by atomic mass is 10.2. The van der Waals surface area contributed by atoms with Crippen LogP contribution in [0.2, 0.25) is 0 Å². The first-order valence-corrected chi connectivity index (χ1v) is 6.87. The number of carbonyl (C=O) groups excluding carboxylic acids is 1. The van der Waals surface area contributed by atoms with Gasteiger partial charge in [0, 0.05) is 18.8 Å².